The second-order valence-corrected chi connectivity index (χ2v) is 4.34. The highest BCUT2D eigenvalue weighted by Crippen LogP contribution is 2.20. The molecule has 0 unspecified atom stereocenters. The Kier molecular flexibility index (Phi) is 3.20. The fourth-order valence-electron chi connectivity index (χ4n) is 0.956. The second kappa shape index (κ2) is 3.98. The van der Waals surface area contributed by atoms with Gasteiger partial charge in [0.1, 0.15) is 0 Å². The first-order chi connectivity index (χ1) is 5.61. The van der Waals surface area contributed by atoms with Crippen molar-refractivity contribution in [2.75, 3.05) is 29.2 Å². The largest absolute Gasteiger partial charge is 0.378 e. The molecule has 66 valence electrons. The van der Waals surface area contributed by atoms with Crippen molar-refractivity contribution in [1.29, 1.82) is 0 Å². The average Bonchev–Trinajstić information content (AvgIpc) is 2.04. The van der Waals surface area contributed by atoms with Crippen molar-refractivity contribution in [2.24, 2.45) is 0 Å². The maximum absolute atomic E-state index is 2.26. The van der Waals surface area contributed by atoms with Gasteiger partial charge < -0.3 is 8.01 Å². The summed E-state index contributed by atoms with van der Waals surface area (Å²) in [4.78, 5) is 2.09. The molecule has 0 aliphatic carbocycles. The van der Waals surface area contributed by atoms with Gasteiger partial charge in [-0.1, -0.05) is 0 Å². The van der Waals surface area contributed by atoms with E-state index in [1.807, 2.05) is 21.1 Å². The molecule has 0 N–H and O–H groups in total. The Morgan fingerprint density at radius 3 is 1.67 bits per heavy atom. The normalized spacial score (nSPS) is 9.67. The van der Waals surface area contributed by atoms with E-state index < -0.39 is 0 Å². The van der Waals surface area contributed by atoms with Crippen LogP contribution in [0.3, 0.4) is 0 Å². The van der Waals surface area contributed by atoms with Gasteiger partial charge in [0.05, 0.1) is 22.9 Å². The maximum Gasteiger partial charge on any atom is 0.0588 e. The molecule has 1 aromatic rings. The highest BCUT2D eigenvalue weighted by Gasteiger charge is 1.97. The number of hydrogen-bond donors (Lipinski definition) is 0. The van der Waals surface area contributed by atoms with Crippen LogP contribution in [-0.2, 0) is 0 Å². The predicted molar refractivity (Wildman–Crippen MR) is 63.2 cm³/mol. The lowest BCUT2D eigenvalue weighted by molar-refractivity contribution is 1.13. The average molecular weight is 276 g/mol. The van der Waals surface area contributed by atoms with Crippen molar-refractivity contribution < 1.29 is 0 Å². The van der Waals surface area contributed by atoms with E-state index >= 15 is 0 Å². The van der Waals surface area contributed by atoms with Crippen LogP contribution in [0.4, 0.5) is 11.4 Å². The van der Waals surface area contributed by atoms with Crippen LogP contribution in [0.5, 0.6) is 0 Å². The van der Waals surface area contributed by atoms with Crippen molar-refractivity contribution in [3.63, 3.8) is 0 Å². The van der Waals surface area contributed by atoms with Crippen LogP contribution < -0.4 is 8.01 Å². The summed E-state index contributed by atoms with van der Waals surface area (Å²) in [5.41, 5.74) is 2.46. The predicted octanol–water partition coefficient (Wildman–Crippen LogP) is 2.54. The third kappa shape index (κ3) is 2.27. The molecule has 0 fully saturated rings. The molecule has 12 heavy (non-hydrogen) atoms. The summed E-state index contributed by atoms with van der Waals surface area (Å²) in [6.07, 6.45) is 0. The van der Waals surface area contributed by atoms with Crippen LogP contribution >= 0.6 is 22.9 Å². The fourth-order valence-corrected chi connectivity index (χ4v) is 1.28. The summed E-state index contributed by atoms with van der Waals surface area (Å²) in [6.45, 7) is 0. The van der Waals surface area contributed by atoms with Crippen LogP contribution in [0, 0.1) is 0 Å². The Morgan fingerprint density at radius 2 is 1.33 bits per heavy atom. The van der Waals surface area contributed by atoms with Crippen molar-refractivity contribution >= 4 is 34.2 Å². The van der Waals surface area contributed by atoms with E-state index in [9.17, 15) is 0 Å². The molecule has 3 heteroatoms. The van der Waals surface area contributed by atoms with Gasteiger partial charge in [0.15, 0.2) is 0 Å². The summed E-state index contributed by atoms with van der Waals surface area (Å²) in [5.74, 6) is 0. The van der Waals surface area contributed by atoms with E-state index in [1.54, 1.807) is 0 Å². The number of rotatable bonds is 2. The molecule has 2 nitrogen and oxygen atoms in total. The van der Waals surface area contributed by atoms with Gasteiger partial charge in [-0.2, -0.15) is 0 Å². The van der Waals surface area contributed by atoms with Gasteiger partial charge in [0.25, 0.3) is 0 Å². The Morgan fingerprint density at radius 1 is 0.917 bits per heavy atom. The Labute approximate surface area is 87.7 Å². The lowest BCUT2D eigenvalue weighted by atomic mass is 10.3. The summed E-state index contributed by atoms with van der Waals surface area (Å²) in [6, 6.07) is 8.46. The molecular weight excluding hydrogens is 263 g/mol. The Hall–Kier alpha value is -0.450. The summed E-state index contributed by atoms with van der Waals surface area (Å²) >= 11 is 2.26. The first-order valence-electron chi connectivity index (χ1n) is 3.78. The number of hydrogen-bond acceptors (Lipinski definition) is 2. The quantitative estimate of drug-likeness (QED) is 0.605. The Bertz CT molecular complexity index is 214. The molecule has 0 bridgehead atoms. The van der Waals surface area contributed by atoms with E-state index in [2.05, 4.69) is 55.1 Å². The zero-order valence-electron chi connectivity index (χ0n) is 7.58. The molecule has 0 amide bonds. The Balaban J connectivity index is 2.86. The number of benzene rings is 1. The third-order valence-electron chi connectivity index (χ3n) is 1.72. The minimum absolute atomic E-state index is 1.22. The first-order valence-corrected chi connectivity index (χ1v) is 4.74. The smallest absolute Gasteiger partial charge is 0.0588 e. The molecule has 1 rings (SSSR count). The van der Waals surface area contributed by atoms with Crippen molar-refractivity contribution in [3.05, 3.63) is 24.3 Å². The summed E-state index contributed by atoms with van der Waals surface area (Å²) in [5, 5.41) is 0. The lowest BCUT2D eigenvalue weighted by Crippen LogP contribution is -2.08. The molecule has 0 aliphatic rings. The topological polar surface area (TPSA) is 6.48 Å². The molecule has 0 heterocycles. The molecule has 1 aromatic carbocycles. The second-order valence-electron chi connectivity index (χ2n) is 2.89. The lowest BCUT2D eigenvalue weighted by Gasteiger charge is -2.14. The van der Waals surface area contributed by atoms with Gasteiger partial charge in [-0.05, 0) is 24.3 Å². The molecule has 0 spiro atoms. The van der Waals surface area contributed by atoms with Crippen molar-refractivity contribution in [2.45, 2.75) is 0 Å². The third-order valence-corrected chi connectivity index (χ3v) is 2.28. The van der Waals surface area contributed by atoms with Gasteiger partial charge in [-0.3, -0.25) is 0 Å². The standard InChI is InChI=1S/C9H13IN2/c1-11(2)8-4-6-9(7-5-8)12(3)10/h4-7H,1-3H3. The van der Waals surface area contributed by atoms with E-state index in [0.29, 0.717) is 0 Å². The molecule has 0 radical (unpaired) electrons. The van der Waals surface area contributed by atoms with Crippen LogP contribution in [0.15, 0.2) is 24.3 Å². The molecular formula is C9H13IN2. The number of anilines is 2. The van der Waals surface area contributed by atoms with E-state index in [1.165, 1.54) is 11.4 Å². The fraction of sp³-hybridized carbons (Fsp3) is 0.333. The van der Waals surface area contributed by atoms with Crippen molar-refractivity contribution in [1.82, 2.24) is 0 Å². The van der Waals surface area contributed by atoms with E-state index in [4.69, 9.17) is 0 Å². The number of halogens is 1. The molecule has 0 saturated carbocycles. The highest BCUT2D eigenvalue weighted by molar-refractivity contribution is 14.1. The molecule has 0 aliphatic heterocycles. The molecule has 0 saturated heterocycles. The SMILES string of the molecule is CN(C)c1ccc(N(C)I)cc1. The monoisotopic (exact) mass is 276 g/mol. The first kappa shape index (κ1) is 9.64. The number of nitrogens with zero attached hydrogens (tertiary/aromatic N) is 2. The minimum atomic E-state index is 1.22. The van der Waals surface area contributed by atoms with Crippen LogP contribution in [-0.4, -0.2) is 21.1 Å². The van der Waals surface area contributed by atoms with E-state index in [-0.39, 0.29) is 0 Å². The van der Waals surface area contributed by atoms with Crippen LogP contribution in [0.25, 0.3) is 0 Å². The summed E-state index contributed by atoms with van der Waals surface area (Å²) in [7, 11) is 6.12. The van der Waals surface area contributed by atoms with Gasteiger partial charge >= 0.3 is 0 Å². The molecule has 0 aromatic heterocycles. The van der Waals surface area contributed by atoms with E-state index in [0.717, 1.165) is 0 Å². The van der Waals surface area contributed by atoms with Gasteiger partial charge in [-0.25, -0.2) is 0 Å². The van der Waals surface area contributed by atoms with Crippen molar-refractivity contribution in [3.8, 4) is 0 Å². The molecule has 0 atom stereocenters. The van der Waals surface area contributed by atoms with Gasteiger partial charge in [0.2, 0.25) is 0 Å². The van der Waals surface area contributed by atoms with Crippen LogP contribution in [0.1, 0.15) is 0 Å². The zero-order valence-corrected chi connectivity index (χ0v) is 9.74. The maximum atomic E-state index is 2.26. The highest BCUT2D eigenvalue weighted by atomic mass is 127. The summed E-state index contributed by atoms with van der Waals surface area (Å²) < 4.78 is 2.07. The van der Waals surface area contributed by atoms with Gasteiger partial charge in [-0.15, -0.1) is 0 Å². The van der Waals surface area contributed by atoms with Gasteiger partial charge in [0, 0.05) is 32.5 Å². The van der Waals surface area contributed by atoms with Crippen LogP contribution in [0.2, 0.25) is 0 Å². The zero-order chi connectivity index (χ0) is 9.14. The minimum Gasteiger partial charge on any atom is -0.378 e.